The van der Waals surface area contributed by atoms with Crippen LogP contribution in [0, 0.1) is 10.1 Å². The van der Waals surface area contributed by atoms with Gasteiger partial charge in [-0.25, -0.2) is 0 Å². The minimum atomic E-state index is -0.440. The average Bonchev–Trinajstić information content (AvgIpc) is 2.94. The Hall–Kier alpha value is -2.12. The van der Waals surface area contributed by atoms with E-state index in [1.807, 2.05) is 24.1 Å². The standard InChI is InChI=1S/C14H17ClN4O3/c1-17(11-18-14(19(20)21)7-8-16-18)9-2-10-22-13-5-3-12(15)4-6-13/h3-8H,2,9-11H2,1H3. The van der Waals surface area contributed by atoms with Crippen LogP contribution in [-0.4, -0.2) is 39.8 Å². The highest BCUT2D eigenvalue weighted by atomic mass is 35.5. The molecule has 0 amide bonds. The molecule has 0 saturated carbocycles. The Morgan fingerprint density at radius 3 is 2.77 bits per heavy atom. The van der Waals surface area contributed by atoms with Crippen LogP contribution in [0.1, 0.15) is 6.42 Å². The molecule has 0 N–H and O–H groups in total. The van der Waals surface area contributed by atoms with E-state index in [0.717, 1.165) is 18.7 Å². The summed E-state index contributed by atoms with van der Waals surface area (Å²) >= 11 is 5.80. The Balaban J connectivity index is 1.71. The van der Waals surface area contributed by atoms with E-state index < -0.39 is 4.92 Å². The van der Waals surface area contributed by atoms with Crippen LogP contribution in [0.25, 0.3) is 0 Å². The first-order chi connectivity index (χ1) is 10.6. The number of aromatic nitrogens is 2. The summed E-state index contributed by atoms with van der Waals surface area (Å²) in [5.41, 5.74) is 0. The number of rotatable bonds is 8. The first-order valence-corrected chi connectivity index (χ1v) is 7.17. The summed E-state index contributed by atoms with van der Waals surface area (Å²) < 4.78 is 6.95. The van der Waals surface area contributed by atoms with Crippen LogP contribution in [0.3, 0.4) is 0 Å². The summed E-state index contributed by atoms with van der Waals surface area (Å²) in [5, 5.41) is 15.4. The van der Waals surface area contributed by atoms with Crippen LogP contribution in [0.5, 0.6) is 5.75 Å². The molecule has 0 atom stereocenters. The Labute approximate surface area is 133 Å². The smallest absolute Gasteiger partial charge is 0.346 e. The lowest BCUT2D eigenvalue weighted by molar-refractivity contribution is -0.393. The summed E-state index contributed by atoms with van der Waals surface area (Å²) in [7, 11) is 1.88. The van der Waals surface area contributed by atoms with E-state index in [1.54, 1.807) is 12.1 Å². The molecular weight excluding hydrogens is 308 g/mol. The zero-order chi connectivity index (χ0) is 15.9. The monoisotopic (exact) mass is 324 g/mol. The van der Waals surface area contributed by atoms with Crippen LogP contribution in [0.15, 0.2) is 36.5 Å². The van der Waals surface area contributed by atoms with Crippen LogP contribution in [0.2, 0.25) is 5.02 Å². The van der Waals surface area contributed by atoms with E-state index >= 15 is 0 Å². The molecule has 7 nitrogen and oxygen atoms in total. The molecule has 1 aromatic carbocycles. The second kappa shape index (κ2) is 7.77. The first-order valence-electron chi connectivity index (χ1n) is 6.79. The predicted octanol–water partition coefficient (Wildman–Crippen LogP) is 2.80. The largest absolute Gasteiger partial charge is 0.494 e. The van der Waals surface area contributed by atoms with Gasteiger partial charge in [0, 0.05) is 11.6 Å². The van der Waals surface area contributed by atoms with Gasteiger partial charge in [0.25, 0.3) is 0 Å². The second-order valence-corrected chi connectivity index (χ2v) is 5.26. The van der Waals surface area contributed by atoms with E-state index in [-0.39, 0.29) is 5.82 Å². The van der Waals surface area contributed by atoms with Crippen molar-refractivity contribution in [1.82, 2.24) is 14.7 Å². The van der Waals surface area contributed by atoms with Crippen LogP contribution in [0.4, 0.5) is 5.82 Å². The van der Waals surface area contributed by atoms with Crippen LogP contribution in [-0.2, 0) is 6.67 Å². The van der Waals surface area contributed by atoms with E-state index in [9.17, 15) is 10.1 Å². The predicted molar refractivity (Wildman–Crippen MR) is 83.1 cm³/mol. The number of ether oxygens (including phenoxy) is 1. The summed E-state index contributed by atoms with van der Waals surface area (Å²) in [6.45, 7) is 1.67. The number of benzene rings is 1. The Kier molecular flexibility index (Phi) is 5.74. The van der Waals surface area contributed by atoms with Gasteiger partial charge in [-0.15, -0.1) is 4.68 Å². The van der Waals surface area contributed by atoms with Gasteiger partial charge in [-0.3, -0.25) is 4.90 Å². The number of halogens is 1. The van der Waals surface area contributed by atoms with E-state index in [2.05, 4.69) is 5.10 Å². The van der Waals surface area contributed by atoms with Gasteiger partial charge < -0.3 is 14.9 Å². The van der Waals surface area contributed by atoms with E-state index in [1.165, 1.54) is 16.9 Å². The third kappa shape index (κ3) is 4.71. The fourth-order valence-corrected chi connectivity index (χ4v) is 2.07. The Bertz CT molecular complexity index is 615. The molecule has 1 aromatic heterocycles. The Morgan fingerprint density at radius 2 is 2.09 bits per heavy atom. The molecule has 0 spiro atoms. The van der Waals surface area contributed by atoms with E-state index in [0.29, 0.717) is 18.3 Å². The van der Waals surface area contributed by atoms with Crippen LogP contribution < -0.4 is 4.74 Å². The molecule has 0 aliphatic rings. The summed E-state index contributed by atoms with van der Waals surface area (Å²) in [6, 6.07) is 8.58. The number of hydrogen-bond acceptors (Lipinski definition) is 5. The zero-order valence-corrected chi connectivity index (χ0v) is 12.9. The SMILES string of the molecule is CN(CCCOc1ccc(Cl)cc1)Cn1nccc1[N+](=O)[O-]. The maximum Gasteiger partial charge on any atom is 0.346 e. The van der Waals surface area contributed by atoms with Crippen LogP contribution >= 0.6 is 11.6 Å². The second-order valence-electron chi connectivity index (χ2n) is 4.82. The quantitative estimate of drug-likeness (QED) is 0.424. The average molecular weight is 325 g/mol. The van der Waals surface area contributed by atoms with Crippen molar-refractivity contribution in [2.75, 3.05) is 20.2 Å². The van der Waals surface area contributed by atoms with Gasteiger partial charge in [0.15, 0.2) is 6.67 Å². The lowest BCUT2D eigenvalue weighted by Crippen LogP contribution is -2.25. The molecule has 1 heterocycles. The maximum absolute atomic E-state index is 10.8. The van der Waals surface area contributed by atoms with Gasteiger partial charge in [-0.2, -0.15) is 0 Å². The van der Waals surface area contributed by atoms with Crippen molar-refractivity contribution >= 4 is 17.4 Å². The molecule has 8 heteroatoms. The molecule has 2 aromatic rings. The fraction of sp³-hybridized carbons (Fsp3) is 0.357. The molecule has 0 aliphatic heterocycles. The summed E-state index contributed by atoms with van der Waals surface area (Å²) in [5.74, 6) is 0.763. The van der Waals surface area contributed by atoms with E-state index in [4.69, 9.17) is 16.3 Å². The van der Waals surface area contributed by atoms with Crippen molar-refractivity contribution in [3.63, 3.8) is 0 Å². The molecule has 0 bridgehead atoms. The number of hydrogen-bond donors (Lipinski definition) is 0. The Morgan fingerprint density at radius 1 is 1.36 bits per heavy atom. The normalized spacial score (nSPS) is 10.9. The first kappa shape index (κ1) is 16.3. The van der Waals surface area contributed by atoms with Crippen molar-refractivity contribution in [3.05, 3.63) is 51.7 Å². The van der Waals surface area contributed by atoms with Crippen molar-refractivity contribution in [3.8, 4) is 5.75 Å². The van der Waals surface area contributed by atoms with Crippen molar-refractivity contribution in [2.24, 2.45) is 0 Å². The van der Waals surface area contributed by atoms with Gasteiger partial charge in [0.2, 0.25) is 0 Å². The third-order valence-electron chi connectivity index (χ3n) is 3.02. The van der Waals surface area contributed by atoms with Gasteiger partial charge in [-0.1, -0.05) is 16.7 Å². The molecular formula is C14H17ClN4O3. The van der Waals surface area contributed by atoms with Gasteiger partial charge >= 0.3 is 5.82 Å². The molecule has 118 valence electrons. The van der Waals surface area contributed by atoms with Gasteiger partial charge in [0.1, 0.15) is 5.75 Å². The minimum absolute atomic E-state index is 0.00994. The molecule has 0 saturated heterocycles. The maximum atomic E-state index is 10.8. The minimum Gasteiger partial charge on any atom is -0.494 e. The van der Waals surface area contributed by atoms with Gasteiger partial charge in [0.05, 0.1) is 18.9 Å². The fourth-order valence-electron chi connectivity index (χ4n) is 1.94. The molecule has 2 rings (SSSR count). The highest BCUT2D eigenvalue weighted by Crippen LogP contribution is 2.15. The van der Waals surface area contributed by atoms with Crippen molar-refractivity contribution in [2.45, 2.75) is 13.1 Å². The molecule has 0 fully saturated rings. The summed E-state index contributed by atoms with van der Waals surface area (Å²) in [6.07, 6.45) is 2.23. The summed E-state index contributed by atoms with van der Waals surface area (Å²) in [4.78, 5) is 12.3. The topological polar surface area (TPSA) is 73.4 Å². The highest BCUT2D eigenvalue weighted by Gasteiger charge is 2.14. The molecule has 0 unspecified atom stereocenters. The number of nitrogens with zero attached hydrogens (tertiary/aromatic N) is 4. The van der Waals surface area contributed by atoms with Gasteiger partial charge in [-0.05, 0) is 42.7 Å². The third-order valence-corrected chi connectivity index (χ3v) is 3.28. The number of nitro groups is 1. The zero-order valence-electron chi connectivity index (χ0n) is 12.2. The van der Waals surface area contributed by atoms with Crippen molar-refractivity contribution < 1.29 is 9.66 Å². The molecule has 0 aliphatic carbocycles. The lowest BCUT2D eigenvalue weighted by Gasteiger charge is -2.14. The molecule has 0 radical (unpaired) electrons. The lowest BCUT2D eigenvalue weighted by atomic mass is 10.3. The van der Waals surface area contributed by atoms with Crippen molar-refractivity contribution in [1.29, 1.82) is 0 Å². The molecule has 22 heavy (non-hydrogen) atoms. The highest BCUT2D eigenvalue weighted by molar-refractivity contribution is 6.30.